The molecule has 4 atom stereocenters. The number of benzene rings is 2. The summed E-state index contributed by atoms with van der Waals surface area (Å²) in [4.78, 5) is 49.9. The molecule has 1 saturated heterocycles. The van der Waals surface area contributed by atoms with Crippen molar-refractivity contribution in [1.82, 2.24) is 29.8 Å². The molecule has 0 spiro atoms. The second-order valence-electron chi connectivity index (χ2n) is 13.8. The summed E-state index contributed by atoms with van der Waals surface area (Å²) < 4.78 is 27.2. The first-order valence-electron chi connectivity index (χ1n) is 16.9. The maximum absolute atomic E-state index is 14.5. The van der Waals surface area contributed by atoms with Crippen molar-refractivity contribution in [2.45, 2.75) is 64.8 Å². The van der Waals surface area contributed by atoms with Gasteiger partial charge in [0, 0.05) is 31.9 Å². The smallest absolute Gasteiger partial charge is 0.274 e. The van der Waals surface area contributed by atoms with Crippen LogP contribution in [0.5, 0.6) is 11.5 Å². The third kappa shape index (κ3) is 8.78. The van der Waals surface area contributed by atoms with Crippen molar-refractivity contribution >= 4 is 23.4 Å². The first-order chi connectivity index (χ1) is 23.9. The van der Waals surface area contributed by atoms with E-state index in [4.69, 9.17) is 9.47 Å². The van der Waals surface area contributed by atoms with E-state index in [0.29, 0.717) is 36.5 Å². The molecule has 2 aromatic carbocycles. The Hall–Kier alpha value is -4.97. The molecule has 12 heteroatoms. The minimum Gasteiger partial charge on any atom is -0.497 e. The van der Waals surface area contributed by atoms with Gasteiger partial charge in [0.2, 0.25) is 11.8 Å². The molecule has 4 aromatic rings. The van der Waals surface area contributed by atoms with Crippen molar-refractivity contribution in [1.29, 1.82) is 0 Å². The molecule has 0 saturated carbocycles. The minimum atomic E-state index is -0.838. The van der Waals surface area contributed by atoms with E-state index in [2.05, 4.69) is 15.6 Å². The Bertz CT molecular complexity index is 1740. The van der Waals surface area contributed by atoms with Crippen molar-refractivity contribution in [3.8, 4) is 11.5 Å². The summed E-state index contributed by atoms with van der Waals surface area (Å²) in [5.41, 5.74) is 1.17. The normalized spacial score (nSPS) is 17.3. The quantitative estimate of drug-likeness (QED) is 0.215. The number of imidazole rings is 1. The Balaban J connectivity index is 1.46. The monoisotopic (exact) mass is 686 g/mol. The van der Waals surface area contributed by atoms with Crippen LogP contribution in [-0.4, -0.2) is 94.9 Å². The molecule has 11 nitrogen and oxygen atoms in total. The van der Waals surface area contributed by atoms with Crippen LogP contribution in [0.4, 0.5) is 4.39 Å². The standard InChI is InChI=1S/C38H47FN6O5/c1-25(40-5)35(46)42-34(38(2,3)4)37(48)45-23-31(50-30-16-14-29(49-6)15-17-30)21-28(45)22-44(20-18-26-10-12-27(39)13-11-26)36(47)32-24-43-19-8-7-9-33(43)41-32/h7-17,19,24-25,28,31,34,40H,18,20-23H2,1-6H3,(H,42,46). The predicted octanol–water partition coefficient (Wildman–Crippen LogP) is 4.35. The molecule has 3 amide bonds. The number of amides is 3. The van der Waals surface area contributed by atoms with Gasteiger partial charge in [0.15, 0.2) is 0 Å². The van der Waals surface area contributed by atoms with Crippen LogP contribution in [0.1, 0.15) is 50.2 Å². The van der Waals surface area contributed by atoms with Crippen LogP contribution in [0.3, 0.4) is 0 Å². The minimum absolute atomic E-state index is 0.194. The first-order valence-corrected chi connectivity index (χ1v) is 16.9. The Morgan fingerprint density at radius 3 is 2.38 bits per heavy atom. The van der Waals surface area contributed by atoms with Gasteiger partial charge in [0.1, 0.15) is 40.8 Å². The van der Waals surface area contributed by atoms with Gasteiger partial charge in [0.05, 0.1) is 25.7 Å². The van der Waals surface area contributed by atoms with Gasteiger partial charge in [-0.25, -0.2) is 9.37 Å². The van der Waals surface area contributed by atoms with E-state index in [1.54, 1.807) is 53.6 Å². The number of halogens is 1. The van der Waals surface area contributed by atoms with Crippen molar-refractivity contribution in [3.05, 3.63) is 96.2 Å². The topological polar surface area (TPSA) is 118 Å². The molecule has 3 heterocycles. The zero-order valence-corrected chi connectivity index (χ0v) is 29.6. The van der Waals surface area contributed by atoms with E-state index in [1.165, 1.54) is 12.1 Å². The second kappa shape index (κ2) is 15.7. The molecule has 2 aromatic heterocycles. The number of carbonyl (C=O) groups is 3. The zero-order valence-electron chi connectivity index (χ0n) is 29.6. The van der Waals surface area contributed by atoms with Gasteiger partial charge in [-0.2, -0.15) is 0 Å². The third-order valence-corrected chi connectivity index (χ3v) is 9.13. The fourth-order valence-corrected chi connectivity index (χ4v) is 6.11. The van der Waals surface area contributed by atoms with Crippen LogP contribution in [0.25, 0.3) is 5.65 Å². The number of hydrogen-bond acceptors (Lipinski definition) is 7. The highest BCUT2D eigenvalue weighted by molar-refractivity contribution is 5.93. The van der Waals surface area contributed by atoms with Crippen LogP contribution >= 0.6 is 0 Å². The molecule has 0 aliphatic carbocycles. The highest BCUT2D eigenvalue weighted by atomic mass is 19.1. The summed E-state index contributed by atoms with van der Waals surface area (Å²) >= 11 is 0. The molecule has 4 unspecified atom stereocenters. The Morgan fingerprint density at radius 2 is 1.74 bits per heavy atom. The molecule has 1 aliphatic rings. The number of nitrogens with one attached hydrogen (secondary N) is 2. The molecular weight excluding hydrogens is 639 g/mol. The number of ether oxygens (including phenoxy) is 2. The van der Waals surface area contributed by atoms with Gasteiger partial charge in [-0.15, -0.1) is 0 Å². The molecular formula is C38H47FN6O5. The predicted molar refractivity (Wildman–Crippen MR) is 189 cm³/mol. The number of nitrogens with zero attached hydrogens (tertiary/aromatic N) is 4. The van der Waals surface area contributed by atoms with E-state index in [0.717, 1.165) is 5.56 Å². The number of rotatable bonds is 13. The molecule has 266 valence electrons. The fourth-order valence-electron chi connectivity index (χ4n) is 6.11. The maximum atomic E-state index is 14.5. The number of aromatic nitrogens is 2. The van der Waals surface area contributed by atoms with E-state index >= 15 is 0 Å². The summed E-state index contributed by atoms with van der Waals surface area (Å²) in [6.07, 6.45) is 4.06. The lowest BCUT2D eigenvalue weighted by Gasteiger charge is -2.37. The molecule has 1 fully saturated rings. The SMILES string of the molecule is CNC(C)C(=O)NC(C(=O)N1CC(Oc2ccc(OC)cc2)CC1CN(CCc1ccc(F)cc1)C(=O)c1cn2ccccc2n1)C(C)(C)C. The fraction of sp³-hybridized carbons (Fsp3) is 0.421. The Kier molecular flexibility index (Phi) is 11.4. The number of likely N-dealkylation sites (N-methyl/N-ethyl adjacent to an activating group) is 1. The van der Waals surface area contributed by atoms with Gasteiger partial charge < -0.3 is 34.3 Å². The van der Waals surface area contributed by atoms with Crippen molar-refractivity contribution in [2.75, 3.05) is 33.8 Å². The molecule has 2 N–H and O–H groups in total. The number of hydrogen-bond donors (Lipinski definition) is 2. The van der Waals surface area contributed by atoms with Crippen LogP contribution < -0.4 is 20.1 Å². The maximum Gasteiger partial charge on any atom is 0.274 e. The molecule has 50 heavy (non-hydrogen) atoms. The Morgan fingerprint density at radius 1 is 1.04 bits per heavy atom. The lowest BCUT2D eigenvalue weighted by atomic mass is 9.85. The van der Waals surface area contributed by atoms with Gasteiger partial charge in [0.25, 0.3) is 5.91 Å². The molecule has 0 radical (unpaired) electrons. The second-order valence-corrected chi connectivity index (χ2v) is 13.8. The zero-order chi connectivity index (χ0) is 36.0. The van der Waals surface area contributed by atoms with Crippen LogP contribution in [-0.2, 0) is 16.0 Å². The summed E-state index contributed by atoms with van der Waals surface area (Å²) in [5, 5.41) is 5.92. The average Bonchev–Trinajstić information content (AvgIpc) is 3.72. The largest absolute Gasteiger partial charge is 0.497 e. The van der Waals surface area contributed by atoms with Crippen molar-refractivity contribution in [3.63, 3.8) is 0 Å². The molecule has 5 rings (SSSR count). The van der Waals surface area contributed by atoms with Crippen LogP contribution in [0.2, 0.25) is 0 Å². The third-order valence-electron chi connectivity index (χ3n) is 9.13. The van der Waals surface area contributed by atoms with Gasteiger partial charge in [-0.3, -0.25) is 14.4 Å². The average molecular weight is 687 g/mol. The highest BCUT2D eigenvalue weighted by Gasteiger charge is 2.44. The van der Waals surface area contributed by atoms with Gasteiger partial charge in [-0.05, 0) is 79.9 Å². The lowest BCUT2D eigenvalue weighted by Crippen LogP contribution is -2.59. The number of fused-ring (bicyclic) bond motifs is 1. The summed E-state index contributed by atoms with van der Waals surface area (Å²) in [6, 6.07) is 17.2. The van der Waals surface area contributed by atoms with E-state index in [9.17, 15) is 18.8 Å². The number of carbonyl (C=O) groups excluding carboxylic acids is 3. The van der Waals surface area contributed by atoms with E-state index in [-0.39, 0.29) is 48.4 Å². The van der Waals surface area contributed by atoms with Gasteiger partial charge >= 0.3 is 0 Å². The van der Waals surface area contributed by atoms with Crippen molar-refractivity contribution < 1.29 is 28.2 Å². The Labute approximate surface area is 292 Å². The number of methoxy groups -OCH3 is 1. The van der Waals surface area contributed by atoms with Crippen LogP contribution in [0.15, 0.2) is 79.1 Å². The molecule has 1 aliphatic heterocycles. The van der Waals surface area contributed by atoms with E-state index < -0.39 is 23.5 Å². The number of pyridine rings is 1. The summed E-state index contributed by atoms with van der Waals surface area (Å²) in [7, 11) is 3.29. The van der Waals surface area contributed by atoms with Gasteiger partial charge in [-0.1, -0.05) is 39.0 Å². The summed E-state index contributed by atoms with van der Waals surface area (Å²) in [5.74, 6) is 0.163. The van der Waals surface area contributed by atoms with E-state index in [1.807, 2.05) is 69.4 Å². The lowest BCUT2D eigenvalue weighted by molar-refractivity contribution is -0.141. The summed E-state index contributed by atoms with van der Waals surface area (Å²) in [6.45, 7) is 8.24. The van der Waals surface area contributed by atoms with Crippen molar-refractivity contribution in [2.24, 2.45) is 5.41 Å². The number of likely N-dealkylation sites (tertiary alicyclic amines) is 1. The van der Waals surface area contributed by atoms with Crippen LogP contribution in [0, 0.1) is 11.2 Å². The first kappa shape index (κ1) is 36.3. The highest BCUT2D eigenvalue weighted by Crippen LogP contribution is 2.30. The molecule has 0 bridgehead atoms.